The number of nitrogens with one attached hydrogen (secondary N) is 2. The van der Waals surface area contributed by atoms with Crippen molar-refractivity contribution in [2.45, 2.75) is 38.0 Å². The largest absolute Gasteiger partial charge is 0.481 e. The average molecular weight is 518 g/mol. The smallest absolute Gasteiger partial charge is 0.417 e. The first-order valence-corrected chi connectivity index (χ1v) is 10.5. The first kappa shape index (κ1) is 28.3. The van der Waals surface area contributed by atoms with Crippen molar-refractivity contribution >= 4 is 23.9 Å². The van der Waals surface area contributed by atoms with Gasteiger partial charge < -0.3 is 20.1 Å². The van der Waals surface area contributed by atoms with Gasteiger partial charge >= 0.3 is 24.3 Å². The van der Waals surface area contributed by atoms with Gasteiger partial charge in [0.25, 0.3) is 0 Å². The van der Waals surface area contributed by atoms with Crippen LogP contribution in [0, 0.1) is 11.6 Å². The maximum atomic E-state index is 13.8. The van der Waals surface area contributed by atoms with Crippen molar-refractivity contribution in [1.29, 1.82) is 0 Å². The second-order valence-corrected chi connectivity index (χ2v) is 7.58. The molecule has 3 amide bonds. The molecule has 0 aliphatic carbocycles. The quantitative estimate of drug-likeness (QED) is 0.401. The van der Waals surface area contributed by atoms with Gasteiger partial charge in [-0.15, -0.1) is 0 Å². The van der Waals surface area contributed by atoms with E-state index in [2.05, 4.69) is 15.6 Å². The number of likely N-dealkylation sites (N-methyl/N-ethyl adjacent to an activating group) is 1. The number of aliphatic carboxylic acids is 1. The van der Waals surface area contributed by atoms with Crippen molar-refractivity contribution in [1.82, 2.24) is 15.2 Å². The van der Waals surface area contributed by atoms with Crippen LogP contribution < -0.4 is 10.6 Å². The Morgan fingerprint density at radius 1 is 1.17 bits per heavy atom. The highest BCUT2D eigenvalue weighted by Crippen LogP contribution is 2.28. The number of ether oxygens (including phenoxy) is 1. The third-order valence-electron chi connectivity index (χ3n) is 4.99. The van der Waals surface area contributed by atoms with Crippen molar-refractivity contribution < 1.29 is 46.2 Å². The summed E-state index contributed by atoms with van der Waals surface area (Å²) >= 11 is 0. The van der Waals surface area contributed by atoms with Crippen molar-refractivity contribution in [2.24, 2.45) is 0 Å². The Bertz CT molecular complexity index is 1070. The van der Waals surface area contributed by atoms with Crippen LogP contribution in [0.4, 0.5) is 37.4 Å². The van der Waals surface area contributed by atoms with E-state index in [0.717, 1.165) is 23.1 Å². The van der Waals surface area contributed by atoms with Gasteiger partial charge in [-0.2, -0.15) is 13.2 Å². The first-order chi connectivity index (χ1) is 16.9. The zero-order chi connectivity index (χ0) is 26.9. The molecule has 1 aromatic carbocycles. The molecule has 1 aromatic heterocycles. The zero-order valence-electron chi connectivity index (χ0n) is 18.9. The van der Waals surface area contributed by atoms with E-state index in [1.165, 1.54) is 19.2 Å². The second kappa shape index (κ2) is 12.7. The third kappa shape index (κ3) is 8.67. The highest BCUT2D eigenvalue weighted by atomic mass is 19.4. The Kier molecular flexibility index (Phi) is 9.93. The van der Waals surface area contributed by atoms with Crippen LogP contribution in [0.5, 0.6) is 0 Å². The number of anilines is 1. The van der Waals surface area contributed by atoms with Crippen LogP contribution in [0.25, 0.3) is 0 Å². The Hall–Kier alpha value is -3.97. The number of hydrogen-bond acceptors (Lipinski definition) is 5. The standard InChI is InChI=1S/C22H23F5N4O5/c1-31(20(34)29-10-13-4-2-6-16(23)19(13)24)15(5-3-7-18(32)33)12-36-21(35)30-17-9-8-14(11-28-17)22(25,26)27/h2,4,6,8-9,11,15H,3,5,7,10,12H2,1H3,(H,29,34)(H,32,33)(H,28,30,35)/t15-/m0/s1. The van der Waals surface area contributed by atoms with Crippen molar-refractivity contribution in [3.8, 4) is 0 Å². The molecular weight excluding hydrogens is 495 g/mol. The summed E-state index contributed by atoms with van der Waals surface area (Å²) in [4.78, 5) is 40.0. The van der Waals surface area contributed by atoms with Crippen LogP contribution in [0.1, 0.15) is 30.4 Å². The Morgan fingerprint density at radius 2 is 1.89 bits per heavy atom. The summed E-state index contributed by atoms with van der Waals surface area (Å²) in [7, 11) is 1.33. The molecule has 0 saturated carbocycles. The molecular formula is C22H23F5N4O5. The lowest BCUT2D eigenvalue weighted by molar-refractivity contribution is -0.138. The number of rotatable bonds is 10. The molecule has 0 saturated heterocycles. The summed E-state index contributed by atoms with van der Waals surface area (Å²) in [6.07, 6.45) is -5.12. The maximum absolute atomic E-state index is 13.8. The van der Waals surface area contributed by atoms with E-state index in [-0.39, 0.29) is 37.2 Å². The summed E-state index contributed by atoms with van der Waals surface area (Å²) in [6, 6.07) is 3.59. The monoisotopic (exact) mass is 518 g/mol. The summed E-state index contributed by atoms with van der Waals surface area (Å²) < 4.78 is 70.0. The van der Waals surface area contributed by atoms with Gasteiger partial charge in [0.1, 0.15) is 12.4 Å². The molecule has 2 aromatic rings. The van der Waals surface area contributed by atoms with E-state index < -0.39 is 54.1 Å². The number of halogens is 5. The molecule has 9 nitrogen and oxygen atoms in total. The molecule has 2 rings (SSSR count). The van der Waals surface area contributed by atoms with E-state index in [9.17, 15) is 36.3 Å². The molecule has 14 heteroatoms. The van der Waals surface area contributed by atoms with Gasteiger partial charge in [0, 0.05) is 31.8 Å². The van der Waals surface area contributed by atoms with Crippen LogP contribution in [-0.2, 0) is 22.3 Å². The fraction of sp³-hybridized carbons (Fsp3) is 0.364. The van der Waals surface area contributed by atoms with Crippen LogP contribution in [0.3, 0.4) is 0 Å². The summed E-state index contributed by atoms with van der Waals surface area (Å²) in [6.45, 7) is -0.736. The molecule has 0 aliphatic heterocycles. The molecule has 0 spiro atoms. The summed E-state index contributed by atoms with van der Waals surface area (Å²) in [5.74, 6) is -3.48. The average Bonchev–Trinajstić information content (AvgIpc) is 2.81. The van der Waals surface area contributed by atoms with Crippen LogP contribution in [-0.4, -0.2) is 52.8 Å². The highest BCUT2D eigenvalue weighted by molar-refractivity contribution is 5.83. The SMILES string of the molecule is CN(C(=O)NCc1cccc(F)c1F)[C@@H](CCCC(=O)O)COC(=O)Nc1ccc(C(F)(F)F)cn1. The number of carbonyl (C=O) groups is 3. The number of benzene rings is 1. The van der Waals surface area contributed by atoms with Crippen LogP contribution in [0.15, 0.2) is 36.5 Å². The molecule has 0 unspecified atom stereocenters. The van der Waals surface area contributed by atoms with Crippen molar-refractivity contribution in [2.75, 3.05) is 19.0 Å². The number of aromatic nitrogens is 1. The lowest BCUT2D eigenvalue weighted by Gasteiger charge is -2.28. The van der Waals surface area contributed by atoms with E-state index >= 15 is 0 Å². The number of carboxylic acid groups (broad SMARTS) is 1. The molecule has 1 atom stereocenters. The van der Waals surface area contributed by atoms with Gasteiger partial charge in [-0.25, -0.2) is 23.4 Å². The van der Waals surface area contributed by atoms with Gasteiger partial charge in [0.15, 0.2) is 11.6 Å². The number of nitrogens with zero attached hydrogens (tertiary/aromatic N) is 2. The molecule has 0 bridgehead atoms. The number of amides is 3. The third-order valence-corrected chi connectivity index (χ3v) is 4.99. The minimum atomic E-state index is -4.60. The lowest BCUT2D eigenvalue weighted by atomic mass is 10.1. The van der Waals surface area contributed by atoms with E-state index in [4.69, 9.17) is 9.84 Å². The minimum absolute atomic E-state index is 0.0983. The molecule has 1 heterocycles. The molecule has 36 heavy (non-hydrogen) atoms. The van der Waals surface area contributed by atoms with Crippen molar-refractivity contribution in [3.63, 3.8) is 0 Å². The number of carboxylic acids is 1. The van der Waals surface area contributed by atoms with Gasteiger partial charge in [-0.1, -0.05) is 12.1 Å². The highest BCUT2D eigenvalue weighted by Gasteiger charge is 2.30. The molecule has 0 fully saturated rings. The van der Waals surface area contributed by atoms with Crippen LogP contribution >= 0.6 is 0 Å². The predicted molar refractivity (Wildman–Crippen MR) is 116 cm³/mol. The Balaban J connectivity index is 1.97. The molecule has 0 radical (unpaired) electrons. The Morgan fingerprint density at radius 3 is 2.50 bits per heavy atom. The van der Waals surface area contributed by atoms with Crippen LogP contribution in [0.2, 0.25) is 0 Å². The topological polar surface area (TPSA) is 121 Å². The maximum Gasteiger partial charge on any atom is 0.417 e. The van der Waals surface area contributed by atoms with E-state index in [1.54, 1.807) is 0 Å². The van der Waals surface area contributed by atoms with Gasteiger partial charge in [-0.3, -0.25) is 10.1 Å². The number of hydrogen-bond donors (Lipinski definition) is 3. The summed E-state index contributed by atoms with van der Waals surface area (Å²) in [5.41, 5.74) is -1.11. The van der Waals surface area contributed by atoms with Crippen molar-refractivity contribution in [3.05, 3.63) is 59.3 Å². The van der Waals surface area contributed by atoms with Gasteiger partial charge in [-0.05, 0) is 31.0 Å². The Labute approximate surface area is 202 Å². The fourth-order valence-electron chi connectivity index (χ4n) is 2.97. The van der Waals surface area contributed by atoms with Gasteiger partial charge in [0.2, 0.25) is 0 Å². The fourth-order valence-corrected chi connectivity index (χ4v) is 2.97. The predicted octanol–water partition coefficient (Wildman–Crippen LogP) is 4.39. The number of carbonyl (C=O) groups excluding carboxylic acids is 2. The van der Waals surface area contributed by atoms with E-state index in [1.807, 2.05) is 0 Å². The minimum Gasteiger partial charge on any atom is -0.481 e. The number of urea groups is 1. The second-order valence-electron chi connectivity index (χ2n) is 7.58. The zero-order valence-corrected chi connectivity index (χ0v) is 18.9. The molecule has 196 valence electrons. The molecule has 0 aliphatic rings. The number of pyridine rings is 1. The molecule has 3 N–H and O–H groups in total. The number of alkyl halides is 3. The van der Waals surface area contributed by atoms with E-state index in [0.29, 0.717) is 6.20 Å². The summed E-state index contributed by atoms with van der Waals surface area (Å²) in [5, 5.41) is 13.4. The van der Waals surface area contributed by atoms with Gasteiger partial charge in [0.05, 0.1) is 11.6 Å². The lowest BCUT2D eigenvalue weighted by Crippen LogP contribution is -2.46. The first-order valence-electron chi connectivity index (χ1n) is 10.5. The normalized spacial score (nSPS) is 11.9.